The minimum atomic E-state index is -0.566. The van der Waals surface area contributed by atoms with E-state index in [1.807, 2.05) is 18.2 Å². The Labute approximate surface area is 158 Å². The second-order valence-corrected chi connectivity index (χ2v) is 7.84. The summed E-state index contributed by atoms with van der Waals surface area (Å²) in [6.45, 7) is 1.13. The standard InChI is InChI=1S/C20H26N4O3/c21-13-4-6-14(7-5-13)22-10-12-2-1-3-15-16(12)11-24(20(15)27)17-8-9-18(25)23-19(17)26/h1-3,13-14,17,22H,4-11,21H2,(H,23,25,26). The van der Waals surface area contributed by atoms with Crippen molar-refractivity contribution >= 4 is 17.7 Å². The summed E-state index contributed by atoms with van der Waals surface area (Å²) in [6.07, 6.45) is 4.92. The van der Waals surface area contributed by atoms with E-state index in [1.165, 1.54) is 0 Å². The highest BCUT2D eigenvalue weighted by Gasteiger charge is 2.39. The van der Waals surface area contributed by atoms with E-state index in [0.717, 1.165) is 36.8 Å². The minimum absolute atomic E-state index is 0.120. The molecule has 4 N–H and O–H groups in total. The van der Waals surface area contributed by atoms with Crippen LogP contribution in [0.4, 0.5) is 0 Å². The number of imide groups is 1. The van der Waals surface area contributed by atoms with Crippen LogP contribution in [-0.2, 0) is 22.7 Å². The maximum absolute atomic E-state index is 12.8. The van der Waals surface area contributed by atoms with Gasteiger partial charge in [0.05, 0.1) is 0 Å². The lowest BCUT2D eigenvalue weighted by Crippen LogP contribution is -2.52. The first kappa shape index (κ1) is 18.1. The number of carbonyl (C=O) groups excluding carboxylic acids is 3. The van der Waals surface area contributed by atoms with Crippen LogP contribution in [0.2, 0.25) is 0 Å². The van der Waals surface area contributed by atoms with Gasteiger partial charge >= 0.3 is 0 Å². The normalized spacial score (nSPS) is 28.3. The van der Waals surface area contributed by atoms with Gasteiger partial charge in [-0.3, -0.25) is 19.7 Å². The van der Waals surface area contributed by atoms with E-state index in [9.17, 15) is 14.4 Å². The molecule has 1 saturated heterocycles. The van der Waals surface area contributed by atoms with Crippen LogP contribution in [0.3, 0.4) is 0 Å². The molecule has 2 fully saturated rings. The maximum Gasteiger partial charge on any atom is 0.255 e. The van der Waals surface area contributed by atoms with Crippen LogP contribution in [0.5, 0.6) is 0 Å². The van der Waals surface area contributed by atoms with E-state index < -0.39 is 6.04 Å². The summed E-state index contributed by atoms with van der Waals surface area (Å²) in [7, 11) is 0. The molecule has 0 spiro atoms. The molecule has 3 amide bonds. The van der Waals surface area contributed by atoms with Gasteiger partial charge in [0.1, 0.15) is 6.04 Å². The van der Waals surface area contributed by atoms with Crippen molar-refractivity contribution in [3.8, 4) is 0 Å². The molecule has 4 rings (SSSR count). The zero-order chi connectivity index (χ0) is 19.0. The number of hydrogen-bond donors (Lipinski definition) is 3. The molecule has 7 heteroatoms. The number of benzene rings is 1. The zero-order valence-electron chi connectivity index (χ0n) is 15.4. The molecule has 144 valence electrons. The summed E-state index contributed by atoms with van der Waals surface area (Å²) in [5.74, 6) is -0.756. The number of nitrogens with one attached hydrogen (secondary N) is 2. The van der Waals surface area contributed by atoms with Gasteiger partial charge in [0, 0.05) is 37.2 Å². The van der Waals surface area contributed by atoms with Gasteiger partial charge in [-0.2, -0.15) is 0 Å². The number of fused-ring (bicyclic) bond motifs is 1. The van der Waals surface area contributed by atoms with Crippen molar-refractivity contribution in [3.05, 3.63) is 34.9 Å². The Morgan fingerprint density at radius 3 is 2.63 bits per heavy atom. The van der Waals surface area contributed by atoms with Gasteiger partial charge in [-0.15, -0.1) is 0 Å². The summed E-state index contributed by atoms with van der Waals surface area (Å²) in [4.78, 5) is 38.0. The van der Waals surface area contributed by atoms with Crippen LogP contribution in [-0.4, -0.2) is 40.7 Å². The first-order valence-corrected chi connectivity index (χ1v) is 9.77. The van der Waals surface area contributed by atoms with Crippen LogP contribution in [0.25, 0.3) is 0 Å². The van der Waals surface area contributed by atoms with E-state index in [0.29, 0.717) is 37.2 Å². The fraction of sp³-hybridized carbons (Fsp3) is 0.550. The number of nitrogens with two attached hydrogens (primary N) is 1. The molecular weight excluding hydrogens is 344 g/mol. The molecule has 1 unspecified atom stereocenters. The van der Waals surface area contributed by atoms with Crippen LogP contribution in [0.15, 0.2) is 18.2 Å². The first-order valence-electron chi connectivity index (χ1n) is 9.77. The van der Waals surface area contributed by atoms with Crippen molar-refractivity contribution in [1.29, 1.82) is 0 Å². The topological polar surface area (TPSA) is 105 Å². The molecular formula is C20H26N4O3. The van der Waals surface area contributed by atoms with Crippen molar-refractivity contribution in [2.45, 2.75) is 69.7 Å². The Balaban J connectivity index is 1.46. The van der Waals surface area contributed by atoms with E-state index in [4.69, 9.17) is 5.73 Å². The average Bonchev–Trinajstić information content (AvgIpc) is 2.99. The number of hydrogen-bond acceptors (Lipinski definition) is 5. The molecule has 1 aliphatic carbocycles. The summed E-state index contributed by atoms with van der Waals surface area (Å²) in [6, 6.07) is 5.99. The highest BCUT2D eigenvalue weighted by molar-refractivity contribution is 6.05. The molecule has 2 aliphatic heterocycles. The monoisotopic (exact) mass is 370 g/mol. The third kappa shape index (κ3) is 3.61. The Morgan fingerprint density at radius 1 is 1.11 bits per heavy atom. The van der Waals surface area contributed by atoms with Gasteiger partial charge in [-0.1, -0.05) is 12.1 Å². The molecule has 1 aromatic carbocycles. The lowest BCUT2D eigenvalue weighted by molar-refractivity contribution is -0.136. The van der Waals surface area contributed by atoms with Gasteiger partial charge in [0.25, 0.3) is 5.91 Å². The predicted molar refractivity (Wildman–Crippen MR) is 99.6 cm³/mol. The summed E-state index contributed by atoms with van der Waals surface area (Å²) < 4.78 is 0. The zero-order valence-corrected chi connectivity index (χ0v) is 15.4. The molecule has 3 aliphatic rings. The largest absolute Gasteiger partial charge is 0.328 e. The molecule has 0 aromatic heterocycles. The molecule has 2 heterocycles. The molecule has 1 aromatic rings. The fourth-order valence-corrected chi connectivity index (χ4v) is 4.39. The summed E-state index contributed by atoms with van der Waals surface area (Å²) in [5.41, 5.74) is 8.74. The Hall–Kier alpha value is -2.25. The molecule has 0 radical (unpaired) electrons. The lowest BCUT2D eigenvalue weighted by atomic mass is 9.91. The highest BCUT2D eigenvalue weighted by atomic mass is 16.2. The SMILES string of the molecule is NC1CCC(NCc2cccc3c2CN(C2CCC(=O)NC2=O)C3=O)CC1. The number of carbonyl (C=O) groups is 3. The van der Waals surface area contributed by atoms with Crippen LogP contribution in [0.1, 0.15) is 60.0 Å². The Kier molecular flexibility index (Phi) is 4.97. The quantitative estimate of drug-likeness (QED) is 0.680. The second kappa shape index (κ2) is 7.40. The lowest BCUT2D eigenvalue weighted by Gasteiger charge is -2.29. The molecule has 1 atom stereocenters. The molecule has 1 saturated carbocycles. The number of rotatable bonds is 4. The van der Waals surface area contributed by atoms with Gasteiger partial charge < -0.3 is 16.0 Å². The van der Waals surface area contributed by atoms with Crippen molar-refractivity contribution in [1.82, 2.24) is 15.5 Å². The van der Waals surface area contributed by atoms with Crippen molar-refractivity contribution < 1.29 is 14.4 Å². The van der Waals surface area contributed by atoms with E-state index in [-0.39, 0.29) is 24.1 Å². The molecule has 7 nitrogen and oxygen atoms in total. The van der Waals surface area contributed by atoms with Gasteiger partial charge in [0.15, 0.2) is 0 Å². The minimum Gasteiger partial charge on any atom is -0.328 e. The van der Waals surface area contributed by atoms with Gasteiger partial charge in [0.2, 0.25) is 11.8 Å². The highest BCUT2D eigenvalue weighted by Crippen LogP contribution is 2.30. The maximum atomic E-state index is 12.8. The second-order valence-electron chi connectivity index (χ2n) is 7.84. The molecule has 27 heavy (non-hydrogen) atoms. The van der Waals surface area contributed by atoms with Crippen molar-refractivity contribution in [3.63, 3.8) is 0 Å². The summed E-state index contributed by atoms with van der Waals surface area (Å²) in [5, 5.41) is 5.95. The van der Waals surface area contributed by atoms with Crippen LogP contribution < -0.4 is 16.4 Å². The number of piperidine rings is 1. The fourth-order valence-electron chi connectivity index (χ4n) is 4.39. The smallest absolute Gasteiger partial charge is 0.255 e. The van der Waals surface area contributed by atoms with Gasteiger partial charge in [-0.25, -0.2) is 0 Å². The van der Waals surface area contributed by atoms with E-state index >= 15 is 0 Å². The predicted octanol–water partition coefficient (Wildman–Crippen LogP) is 0.807. The van der Waals surface area contributed by atoms with Crippen molar-refractivity contribution in [2.75, 3.05) is 0 Å². The number of amides is 3. The Bertz CT molecular complexity index is 770. The van der Waals surface area contributed by atoms with Gasteiger partial charge in [-0.05, 0) is 49.3 Å². The first-order chi connectivity index (χ1) is 13.0. The summed E-state index contributed by atoms with van der Waals surface area (Å²) >= 11 is 0. The molecule has 0 bridgehead atoms. The van der Waals surface area contributed by atoms with E-state index in [1.54, 1.807) is 4.90 Å². The van der Waals surface area contributed by atoms with E-state index in [2.05, 4.69) is 10.6 Å². The van der Waals surface area contributed by atoms with Crippen LogP contribution >= 0.6 is 0 Å². The third-order valence-corrected chi connectivity index (χ3v) is 6.03. The third-order valence-electron chi connectivity index (χ3n) is 6.03. The number of nitrogens with zero attached hydrogens (tertiary/aromatic N) is 1. The van der Waals surface area contributed by atoms with Crippen molar-refractivity contribution in [2.24, 2.45) is 5.73 Å². The average molecular weight is 370 g/mol. The Morgan fingerprint density at radius 2 is 1.89 bits per heavy atom. The van der Waals surface area contributed by atoms with Crippen LogP contribution in [0, 0.1) is 0 Å².